The standard InChI is InChI=1S/C21H16N2OS2/c24-20(22-16-9-2-1-3-10-16)17-11-5-4-8-15(17)14-25-21-23-18-12-6-7-13-19(18)26-21/h1-13H,14H2,(H,22,24). The van der Waals surface area contributed by atoms with Gasteiger partial charge in [0.25, 0.3) is 5.91 Å². The Hall–Kier alpha value is -2.63. The minimum atomic E-state index is -0.0864. The van der Waals surface area contributed by atoms with Crippen molar-refractivity contribution in [3.63, 3.8) is 0 Å². The lowest BCUT2D eigenvalue weighted by atomic mass is 10.1. The number of para-hydroxylation sites is 2. The van der Waals surface area contributed by atoms with E-state index in [2.05, 4.69) is 16.4 Å². The van der Waals surface area contributed by atoms with Crippen LogP contribution >= 0.6 is 23.1 Å². The van der Waals surface area contributed by atoms with Gasteiger partial charge in [0.1, 0.15) is 0 Å². The number of nitrogens with zero attached hydrogens (tertiary/aromatic N) is 1. The molecule has 0 fully saturated rings. The molecular weight excluding hydrogens is 360 g/mol. The second kappa shape index (κ2) is 7.72. The summed E-state index contributed by atoms with van der Waals surface area (Å²) in [5.41, 5.74) is 3.52. The average molecular weight is 377 g/mol. The molecule has 0 aliphatic rings. The molecule has 128 valence electrons. The molecular formula is C21H16N2OS2. The normalized spacial score (nSPS) is 10.8. The first-order valence-electron chi connectivity index (χ1n) is 8.22. The Morgan fingerprint density at radius 3 is 2.50 bits per heavy atom. The topological polar surface area (TPSA) is 42.0 Å². The van der Waals surface area contributed by atoms with Gasteiger partial charge in [-0.05, 0) is 35.9 Å². The maximum absolute atomic E-state index is 12.7. The minimum absolute atomic E-state index is 0.0864. The van der Waals surface area contributed by atoms with Gasteiger partial charge in [-0.2, -0.15) is 0 Å². The van der Waals surface area contributed by atoms with Crippen LogP contribution in [0.2, 0.25) is 0 Å². The van der Waals surface area contributed by atoms with Crippen LogP contribution in [-0.2, 0) is 5.75 Å². The highest BCUT2D eigenvalue weighted by molar-refractivity contribution is 8.00. The van der Waals surface area contributed by atoms with Gasteiger partial charge in [0.2, 0.25) is 0 Å². The maximum Gasteiger partial charge on any atom is 0.255 e. The second-order valence-electron chi connectivity index (χ2n) is 5.71. The number of hydrogen-bond acceptors (Lipinski definition) is 4. The Morgan fingerprint density at radius 1 is 0.923 bits per heavy atom. The third-order valence-electron chi connectivity index (χ3n) is 3.92. The first kappa shape index (κ1) is 16.8. The number of carbonyl (C=O) groups excluding carboxylic acids is 1. The fourth-order valence-corrected chi connectivity index (χ4v) is 4.71. The van der Waals surface area contributed by atoms with Crippen molar-refractivity contribution >= 4 is 44.9 Å². The Bertz CT molecular complexity index is 1010. The van der Waals surface area contributed by atoms with E-state index in [-0.39, 0.29) is 5.91 Å². The molecule has 0 saturated carbocycles. The van der Waals surface area contributed by atoms with Gasteiger partial charge in [0.05, 0.1) is 10.2 Å². The van der Waals surface area contributed by atoms with Crippen LogP contribution in [0.1, 0.15) is 15.9 Å². The lowest BCUT2D eigenvalue weighted by molar-refractivity contribution is 0.102. The molecule has 1 N–H and O–H groups in total. The number of aromatic nitrogens is 1. The summed E-state index contributed by atoms with van der Waals surface area (Å²) < 4.78 is 2.20. The quantitative estimate of drug-likeness (QED) is 0.445. The molecule has 3 nitrogen and oxygen atoms in total. The summed E-state index contributed by atoms with van der Waals surface area (Å²) >= 11 is 3.35. The third kappa shape index (κ3) is 3.79. The summed E-state index contributed by atoms with van der Waals surface area (Å²) in [6.45, 7) is 0. The number of thioether (sulfide) groups is 1. The van der Waals surface area contributed by atoms with Gasteiger partial charge in [-0.1, -0.05) is 60.3 Å². The van der Waals surface area contributed by atoms with Crippen molar-refractivity contribution in [2.45, 2.75) is 10.1 Å². The van der Waals surface area contributed by atoms with E-state index in [9.17, 15) is 4.79 Å². The average Bonchev–Trinajstić information content (AvgIpc) is 3.10. The van der Waals surface area contributed by atoms with Crippen LogP contribution in [0.15, 0.2) is 83.2 Å². The number of amides is 1. The highest BCUT2D eigenvalue weighted by Crippen LogP contribution is 2.32. The lowest BCUT2D eigenvalue weighted by Gasteiger charge is -2.09. The maximum atomic E-state index is 12.7. The smallest absolute Gasteiger partial charge is 0.255 e. The molecule has 0 atom stereocenters. The second-order valence-corrected chi connectivity index (χ2v) is 7.97. The van der Waals surface area contributed by atoms with E-state index >= 15 is 0 Å². The fourth-order valence-electron chi connectivity index (χ4n) is 2.64. The van der Waals surface area contributed by atoms with Crippen molar-refractivity contribution in [1.29, 1.82) is 0 Å². The van der Waals surface area contributed by atoms with Gasteiger partial charge in [-0.25, -0.2) is 4.98 Å². The zero-order valence-electron chi connectivity index (χ0n) is 13.9. The number of nitrogens with one attached hydrogen (secondary N) is 1. The highest BCUT2D eigenvalue weighted by Gasteiger charge is 2.12. The third-order valence-corrected chi connectivity index (χ3v) is 6.15. The molecule has 0 aliphatic carbocycles. The molecule has 0 spiro atoms. The highest BCUT2D eigenvalue weighted by atomic mass is 32.2. The number of hydrogen-bond donors (Lipinski definition) is 1. The first-order chi connectivity index (χ1) is 12.8. The molecule has 26 heavy (non-hydrogen) atoms. The van der Waals surface area contributed by atoms with E-state index in [4.69, 9.17) is 0 Å². The summed E-state index contributed by atoms with van der Waals surface area (Å²) in [5.74, 6) is 0.620. The van der Waals surface area contributed by atoms with Crippen LogP contribution < -0.4 is 5.32 Å². The molecule has 0 radical (unpaired) electrons. The van der Waals surface area contributed by atoms with Crippen molar-refractivity contribution in [2.24, 2.45) is 0 Å². The first-order valence-corrected chi connectivity index (χ1v) is 10.0. The molecule has 0 unspecified atom stereocenters. The fraction of sp³-hybridized carbons (Fsp3) is 0.0476. The molecule has 3 aromatic carbocycles. The summed E-state index contributed by atoms with van der Waals surface area (Å²) in [7, 11) is 0. The zero-order chi connectivity index (χ0) is 17.8. The number of rotatable bonds is 5. The number of thiazole rings is 1. The van der Waals surface area contributed by atoms with Gasteiger partial charge in [0.15, 0.2) is 4.34 Å². The number of anilines is 1. The van der Waals surface area contributed by atoms with E-state index in [0.29, 0.717) is 11.3 Å². The van der Waals surface area contributed by atoms with Crippen LogP contribution in [0.25, 0.3) is 10.2 Å². The molecule has 0 saturated heterocycles. The molecule has 0 aliphatic heterocycles. The van der Waals surface area contributed by atoms with Gasteiger partial charge < -0.3 is 5.32 Å². The van der Waals surface area contributed by atoms with Crippen LogP contribution in [0.3, 0.4) is 0 Å². The summed E-state index contributed by atoms with van der Waals surface area (Å²) in [6, 6.07) is 25.4. The largest absolute Gasteiger partial charge is 0.322 e. The van der Waals surface area contributed by atoms with Crippen molar-refractivity contribution in [3.8, 4) is 0 Å². The van der Waals surface area contributed by atoms with Crippen LogP contribution in [-0.4, -0.2) is 10.9 Å². The molecule has 5 heteroatoms. The van der Waals surface area contributed by atoms with E-state index in [0.717, 1.165) is 21.1 Å². The van der Waals surface area contributed by atoms with Crippen LogP contribution in [0.4, 0.5) is 5.69 Å². The lowest BCUT2D eigenvalue weighted by Crippen LogP contribution is -2.13. The Kier molecular flexibility index (Phi) is 5.00. The molecule has 0 bridgehead atoms. The van der Waals surface area contributed by atoms with E-state index in [1.807, 2.05) is 72.8 Å². The predicted molar refractivity (Wildman–Crippen MR) is 110 cm³/mol. The molecule has 1 heterocycles. The van der Waals surface area contributed by atoms with Gasteiger partial charge in [-0.15, -0.1) is 11.3 Å². The molecule has 1 aromatic heterocycles. The number of benzene rings is 3. The van der Waals surface area contributed by atoms with Crippen LogP contribution in [0.5, 0.6) is 0 Å². The Labute approximate surface area is 160 Å². The van der Waals surface area contributed by atoms with Crippen molar-refractivity contribution in [3.05, 3.63) is 90.0 Å². The van der Waals surface area contributed by atoms with Crippen molar-refractivity contribution in [1.82, 2.24) is 4.98 Å². The summed E-state index contributed by atoms with van der Waals surface area (Å²) in [6.07, 6.45) is 0. The molecule has 4 aromatic rings. The Morgan fingerprint density at radius 2 is 1.65 bits per heavy atom. The summed E-state index contributed by atoms with van der Waals surface area (Å²) in [4.78, 5) is 17.3. The van der Waals surface area contributed by atoms with E-state index < -0.39 is 0 Å². The van der Waals surface area contributed by atoms with E-state index in [1.165, 1.54) is 4.70 Å². The molecule has 4 rings (SSSR count). The minimum Gasteiger partial charge on any atom is -0.322 e. The van der Waals surface area contributed by atoms with Gasteiger partial charge >= 0.3 is 0 Å². The zero-order valence-corrected chi connectivity index (χ0v) is 15.5. The van der Waals surface area contributed by atoms with Crippen molar-refractivity contribution < 1.29 is 4.79 Å². The van der Waals surface area contributed by atoms with Crippen molar-refractivity contribution in [2.75, 3.05) is 5.32 Å². The monoisotopic (exact) mass is 376 g/mol. The SMILES string of the molecule is O=C(Nc1ccccc1)c1ccccc1CSc1nc2ccccc2s1. The number of fused-ring (bicyclic) bond motifs is 1. The van der Waals surface area contributed by atoms with Crippen LogP contribution in [0, 0.1) is 0 Å². The Balaban J connectivity index is 1.51. The van der Waals surface area contributed by atoms with Gasteiger partial charge in [-0.3, -0.25) is 4.79 Å². The summed E-state index contributed by atoms with van der Waals surface area (Å²) in [5, 5.41) is 2.96. The molecule has 1 amide bonds. The van der Waals surface area contributed by atoms with Gasteiger partial charge in [0, 0.05) is 17.0 Å². The number of carbonyl (C=O) groups is 1. The predicted octanol–water partition coefficient (Wildman–Crippen LogP) is 5.84. The van der Waals surface area contributed by atoms with E-state index in [1.54, 1.807) is 23.1 Å².